The smallest absolute Gasteiger partial charge is 0.416 e. The normalized spacial score (nSPS) is 19.4. The summed E-state index contributed by atoms with van der Waals surface area (Å²) in [6, 6.07) is 11.6. The van der Waals surface area contributed by atoms with Crippen molar-refractivity contribution >= 4 is 9.84 Å². The van der Waals surface area contributed by atoms with Gasteiger partial charge < -0.3 is 10.1 Å². The van der Waals surface area contributed by atoms with Crippen molar-refractivity contribution < 1.29 is 26.3 Å². The number of rotatable bonds is 5. The zero-order valence-corrected chi connectivity index (χ0v) is 14.6. The Morgan fingerprint density at radius 1 is 1.08 bits per heavy atom. The quantitative estimate of drug-likeness (QED) is 0.851. The Kier molecular flexibility index (Phi) is 5.24. The van der Waals surface area contributed by atoms with Gasteiger partial charge in [-0.3, -0.25) is 0 Å². The van der Waals surface area contributed by atoms with Crippen LogP contribution in [0.5, 0.6) is 11.5 Å². The number of nitrogens with one attached hydrogen (secondary N) is 1. The van der Waals surface area contributed by atoms with Crippen molar-refractivity contribution in [1.82, 2.24) is 5.32 Å². The fraction of sp³-hybridized carbons (Fsp3) is 0.333. The zero-order chi connectivity index (χ0) is 18.8. The van der Waals surface area contributed by atoms with Crippen LogP contribution >= 0.6 is 0 Å². The van der Waals surface area contributed by atoms with Crippen molar-refractivity contribution in [3.8, 4) is 11.5 Å². The number of hydrogen-bond acceptors (Lipinski definition) is 4. The van der Waals surface area contributed by atoms with E-state index in [4.69, 9.17) is 4.74 Å². The average Bonchev–Trinajstić information content (AvgIpc) is 2.92. The highest BCUT2D eigenvalue weighted by Gasteiger charge is 2.30. The molecule has 0 bridgehead atoms. The Hall–Kier alpha value is -2.06. The van der Waals surface area contributed by atoms with Crippen LogP contribution in [0.4, 0.5) is 13.2 Å². The lowest BCUT2D eigenvalue weighted by atomic mass is 10.2. The largest absolute Gasteiger partial charge is 0.457 e. The van der Waals surface area contributed by atoms with E-state index in [2.05, 4.69) is 5.32 Å². The fourth-order valence-corrected chi connectivity index (χ4v) is 4.52. The van der Waals surface area contributed by atoms with E-state index in [-0.39, 0.29) is 23.3 Å². The molecule has 1 aliphatic heterocycles. The Morgan fingerprint density at radius 3 is 2.42 bits per heavy atom. The molecule has 1 fully saturated rings. The maximum Gasteiger partial charge on any atom is 0.416 e. The molecular formula is C18H18F3NO3S. The number of benzene rings is 2. The second kappa shape index (κ2) is 7.28. The van der Waals surface area contributed by atoms with Gasteiger partial charge in [-0.25, -0.2) is 8.42 Å². The van der Waals surface area contributed by atoms with E-state index in [0.29, 0.717) is 18.7 Å². The van der Waals surface area contributed by atoms with Gasteiger partial charge in [0.2, 0.25) is 0 Å². The molecule has 2 aromatic carbocycles. The van der Waals surface area contributed by atoms with Gasteiger partial charge in [-0.1, -0.05) is 18.2 Å². The maximum atomic E-state index is 12.8. The predicted molar refractivity (Wildman–Crippen MR) is 91.9 cm³/mol. The summed E-state index contributed by atoms with van der Waals surface area (Å²) in [6.07, 6.45) is -3.84. The first kappa shape index (κ1) is 18.7. The van der Waals surface area contributed by atoms with E-state index in [0.717, 1.165) is 17.7 Å². The van der Waals surface area contributed by atoms with Crippen LogP contribution in [-0.4, -0.2) is 26.0 Å². The molecule has 0 radical (unpaired) electrons. The van der Waals surface area contributed by atoms with Crippen molar-refractivity contribution in [3.05, 3.63) is 59.7 Å². The highest BCUT2D eigenvalue weighted by Crippen LogP contribution is 2.32. The molecule has 0 saturated carbocycles. The molecule has 0 aliphatic carbocycles. The summed E-state index contributed by atoms with van der Waals surface area (Å²) in [5.74, 6) is 0.853. The van der Waals surface area contributed by atoms with Crippen LogP contribution in [0, 0.1) is 0 Å². The van der Waals surface area contributed by atoms with Crippen molar-refractivity contribution in [1.29, 1.82) is 0 Å². The lowest BCUT2D eigenvalue weighted by Crippen LogP contribution is -2.29. The van der Waals surface area contributed by atoms with Crippen LogP contribution in [0.25, 0.3) is 0 Å². The van der Waals surface area contributed by atoms with Crippen molar-refractivity contribution in [3.63, 3.8) is 0 Å². The summed E-state index contributed by atoms with van der Waals surface area (Å²) in [6.45, 7) is 0.458. The molecule has 140 valence electrons. The minimum Gasteiger partial charge on any atom is -0.457 e. The van der Waals surface area contributed by atoms with E-state index in [1.54, 1.807) is 18.2 Å². The molecule has 8 heteroatoms. The SMILES string of the molecule is O=S1(=O)CCC(NCc2cccc(Oc3cccc(C(F)(F)F)c3)c2)C1. The number of sulfone groups is 1. The number of hydrogen-bond donors (Lipinski definition) is 1. The lowest BCUT2D eigenvalue weighted by Gasteiger charge is -2.13. The van der Waals surface area contributed by atoms with Gasteiger partial charge in [-0.2, -0.15) is 13.2 Å². The van der Waals surface area contributed by atoms with Gasteiger partial charge in [-0.15, -0.1) is 0 Å². The van der Waals surface area contributed by atoms with E-state index in [1.807, 2.05) is 6.07 Å². The van der Waals surface area contributed by atoms with Gasteiger partial charge in [-0.05, 0) is 42.3 Å². The number of ether oxygens (including phenoxy) is 1. The van der Waals surface area contributed by atoms with Crippen molar-refractivity contribution in [2.75, 3.05) is 11.5 Å². The van der Waals surface area contributed by atoms with Gasteiger partial charge in [0.15, 0.2) is 9.84 Å². The monoisotopic (exact) mass is 385 g/mol. The van der Waals surface area contributed by atoms with Crippen LogP contribution in [0.1, 0.15) is 17.5 Å². The predicted octanol–water partition coefficient (Wildman–Crippen LogP) is 3.77. The van der Waals surface area contributed by atoms with Crippen molar-refractivity contribution in [2.45, 2.75) is 25.2 Å². The maximum absolute atomic E-state index is 12.8. The molecule has 0 amide bonds. The minimum absolute atomic E-state index is 0.0759. The zero-order valence-electron chi connectivity index (χ0n) is 13.8. The summed E-state index contributed by atoms with van der Waals surface area (Å²) in [4.78, 5) is 0. The van der Waals surface area contributed by atoms with Gasteiger partial charge >= 0.3 is 6.18 Å². The summed E-state index contributed by atoms with van der Waals surface area (Å²) in [5, 5.41) is 3.19. The van der Waals surface area contributed by atoms with Crippen LogP contribution in [0.3, 0.4) is 0 Å². The minimum atomic E-state index is -4.42. The summed E-state index contributed by atoms with van der Waals surface area (Å²) >= 11 is 0. The first-order chi connectivity index (χ1) is 12.2. The van der Waals surface area contributed by atoms with Crippen LogP contribution in [0.15, 0.2) is 48.5 Å². The van der Waals surface area contributed by atoms with E-state index < -0.39 is 21.6 Å². The topological polar surface area (TPSA) is 55.4 Å². The summed E-state index contributed by atoms with van der Waals surface area (Å²) in [7, 11) is -2.94. The highest BCUT2D eigenvalue weighted by molar-refractivity contribution is 7.91. The molecule has 1 heterocycles. The molecule has 2 aromatic rings. The third-order valence-corrected chi connectivity index (χ3v) is 5.89. The second-order valence-corrected chi connectivity index (χ2v) is 8.48. The van der Waals surface area contributed by atoms with E-state index in [9.17, 15) is 21.6 Å². The molecule has 1 saturated heterocycles. The Bertz CT molecular complexity index is 881. The molecule has 1 N–H and O–H groups in total. The molecule has 1 unspecified atom stereocenters. The van der Waals surface area contributed by atoms with Gasteiger partial charge in [0.05, 0.1) is 17.1 Å². The third kappa shape index (κ3) is 4.98. The molecule has 1 atom stereocenters. The fourth-order valence-electron chi connectivity index (χ4n) is 2.81. The number of alkyl halides is 3. The average molecular weight is 385 g/mol. The molecule has 26 heavy (non-hydrogen) atoms. The third-order valence-electron chi connectivity index (χ3n) is 4.12. The Morgan fingerprint density at radius 2 is 1.77 bits per heavy atom. The Labute approximate surface area is 149 Å². The summed E-state index contributed by atoms with van der Waals surface area (Å²) < 4.78 is 66.8. The number of halogens is 3. The molecule has 4 nitrogen and oxygen atoms in total. The van der Waals surface area contributed by atoms with Crippen molar-refractivity contribution in [2.24, 2.45) is 0 Å². The van der Waals surface area contributed by atoms with Crippen LogP contribution < -0.4 is 10.1 Å². The first-order valence-corrected chi connectivity index (χ1v) is 9.91. The van der Waals surface area contributed by atoms with Gasteiger partial charge in [0.1, 0.15) is 11.5 Å². The van der Waals surface area contributed by atoms with Gasteiger partial charge in [0.25, 0.3) is 0 Å². The van der Waals surface area contributed by atoms with Gasteiger partial charge in [0, 0.05) is 12.6 Å². The van der Waals surface area contributed by atoms with Crippen LogP contribution in [0.2, 0.25) is 0 Å². The second-order valence-electron chi connectivity index (χ2n) is 6.26. The molecule has 3 rings (SSSR count). The lowest BCUT2D eigenvalue weighted by molar-refractivity contribution is -0.137. The molecule has 0 spiro atoms. The molecular weight excluding hydrogens is 367 g/mol. The first-order valence-electron chi connectivity index (χ1n) is 8.09. The summed E-state index contributed by atoms with van der Waals surface area (Å²) in [5.41, 5.74) is 0.0917. The molecule has 1 aliphatic rings. The van der Waals surface area contributed by atoms with E-state index in [1.165, 1.54) is 12.1 Å². The standard InChI is InChI=1S/C18H18F3NO3S/c19-18(20,21)14-4-2-6-17(10-14)25-16-5-1-3-13(9-16)11-22-15-7-8-26(23,24)12-15/h1-6,9-10,15,22H,7-8,11-12H2. The van der Waals surface area contributed by atoms with Crippen LogP contribution in [-0.2, 0) is 22.6 Å². The Balaban J connectivity index is 1.64. The van der Waals surface area contributed by atoms with E-state index >= 15 is 0 Å². The highest BCUT2D eigenvalue weighted by atomic mass is 32.2. The molecule has 0 aromatic heterocycles.